The number of benzene rings is 2. The second-order valence-corrected chi connectivity index (χ2v) is 14.2. The van der Waals surface area contributed by atoms with E-state index in [1.807, 2.05) is 49.7 Å². The number of anilines is 2. The second kappa shape index (κ2) is 18.1. The van der Waals surface area contributed by atoms with Crippen molar-refractivity contribution >= 4 is 81.4 Å². The smallest absolute Gasteiger partial charge is 0.338 e. The lowest BCUT2D eigenvalue weighted by molar-refractivity contribution is -0.140. The van der Waals surface area contributed by atoms with E-state index >= 15 is 0 Å². The normalized spacial score (nSPS) is 18.2. The first-order valence-corrected chi connectivity index (χ1v) is 18.4. The van der Waals surface area contributed by atoms with Gasteiger partial charge in [-0.05, 0) is 98.9 Å². The van der Waals surface area contributed by atoms with Crippen LogP contribution in [-0.4, -0.2) is 94.1 Å². The monoisotopic (exact) mass is 737 g/mol. The summed E-state index contributed by atoms with van der Waals surface area (Å²) in [4.78, 5) is 54.2. The van der Waals surface area contributed by atoms with Crippen LogP contribution in [0.15, 0.2) is 42.5 Å². The third kappa shape index (κ3) is 10.9. The number of carboxylic acid groups (broad SMARTS) is 1. The molecule has 2 aliphatic rings. The zero-order chi connectivity index (χ0) is 36.3. The van der Waals surface area contributed by atoms with E-state index in [1.54, 1.807) is 24.8 Å². The largest absolute Gasteiger partial charge is 0.479 e. The van der Waals surface area contributed by atoms with Crippen molar-refractivity contribution < 1.29 is 24.3 Å². The van der Waals surface area contributed by atoms with E-state index < -0.39 is 35.9 Å². The van der Waals surface area contributed by atoms with Gasteiger partial charge in [0.2, 0.25) is 11.8 Å². The van der Waals surface area contributed by atoms with Gasteiger partial charge in [0.05, 0.1) is 11.5 Å². The molecule has 1 fully saturated rings. The van der Waals surface area contributed by atoms with Crippen molar-refractivity contribution in [1.82, 2.24) is 26.2 Å². The second-order valence-electron chi connectivity index (χ2n) is 12.3. The van der Waals surface area contributed by atoms with Crippen LogP contribution in [0.1, 0.15) is 47.7 Å². The molecule has 3 amide bonds. The summed E-state index contributed by atoms with van der Waals surface area (Å²) < 4.78 is 0. The molecular formula is C35H43N7O5S3. The van der Waals surface area contributed by atoms with Gasteiger partial charge >= 0.3 is 5.97 Å². The number of rotatable bonds is 14. The molecule has 1 heterocycles. The van der Waals surface area contributed by atoms with Gasteiger partial charge in [-0.25, -0.2) is 4.79 Å². The molecule has 3 atom stereocenters. The summed E-state index contributed by atoms with van der Waals surface area (Å²) >= 11 is 11.9. The summed E-state index contributed by atoms with van der Waals surface area (Å²) in [6, 6.07) is 11.7. The lowest BCUT2D eigenvalue weighted by Crippen LogP contribution is -2.53. The van der Waals surface area contributed by atoms with Crippen molar-refractivity contribution in [3.63, 3.8) is 0 Å². The summed E-state index contributed by atoms with van der Waals surface area (Å²) in [5.74, 6) is 3.12. The summed E-state index contributed by atoms with van der Waals surface area (Å²) in [5.41, 5.74) is 3.19. The fourth-order valence-corrected chi connectivity index (χ4v) is 6.85. The van der Waals surface area contributed by atoms with E-state index in [2.05, 4.69) is 48.6 Å². The zero-order valence-corrected chi connectivity index (χ0v) is 30.8. The average molecular weight is 738 g/mol. The highest BCUT2D eigenvalue weighted by atomic mass is 32.2. The number of likely N-dealkylation sites (N-methyl/N-ethyl adjacent to an activating group) is 1. The van der Waals surface area contributed by atoms with Crippen LogP contribution in [0, 0.1) is 17.8 Å². The van der Waals surface area contributed by atoms with Gasteiger partial charge in [-0.3, -0.25) is 14.4 Å². The molecule has 12 nitrogen and oxygen atoms in total. The Labute approximate surface area is 307 Å². The molecule has 0 saturated heterocycles. The van der Waals surface area contributed by atoms with Crippen LogP contribution in [-0.2, 0) is 27.3 Å². The molecule has 1 aliphatic heterocycles. The Morgan fingerprint density at radius 3 is 2.48 bits per heavy atom. The topological polar surface area (TPSA) is 164 Å². The van der Waals surface area contributed by atoms with Gasteiger partial charge in [0.1, 0.15) is 5.54 Å². The summed E-state index contributed by atoms with van der Waals surface area (Å²) in [6.07, 6.45) is 4.06. The maximum Gasteiger partial charge on any atom is 0.338 e. The summed E-state index contributed by atoms with van der Waals surface area (Å²) in [6.45, 7) is 3.43. The third-order valence-electron chi connectivity index (χ3n) is 8.35. The Bertz CT molecular complexity index is 1680. The number of carbonyl (C=O) groups is 4. The Morgan fingerprint density at radius 2 is 1.80 bits per heavy atom. The highest BCUT2D eigenvalue weighted by molar-refractivity contribution is 7.98. The Balaban J connectivity index is 1.22. The third-order valence-corrected chi connectivity index (χ3v) is 9.44. The number of hydrogen-bond acceptors (Lipinski definition) is 8. The first kappa shape index (κ1) is 38.6. The Morgan fingerprint density at radius 1 is 1.08 bits per heavy atom. The zero-order valence-electron chi connectivity index (χ0n) is 28.3. The molecule has 15 heteroatoms. The van der Waals surface area contributed by atoms with Crippen molar-refractivity contribution in [2.75, 3.05) is 49.3 Å². The quantitative estimate of drug-likeness (QED) is 0.0864. The number of carboxylic acids is 1. The molecule has 0 bridgehead atoms. The van der Waals surface area contributed by atoms with E-state index in [0.29, 0.717) is 47.2 Å². The first-order chi connectivity index (χ1) is 23.9. The molecule has 0 aromatic heterocycles. The summed E-state index contributed by atoms with van der Waals surface area (Å²) in [5, 5.41) is 27.2. The van der Waals surface area contributed by atoms with Crippen LogP contribution in [0.5, 0.6) is 0 Å². The molecule has 4 rings (SSSR count). The van der Waals surface area contributed by atoms with Crippen LogP contribution in [0.2, 0.25) is 0 Å². The van der Waals surface area contributed by atoms with Crippen molar-refractivity contribution in [3.05, 3.63) is 59.2 Å². The minimum Gasteiger partial charge on any atom is -0.479 e. The maximum absolute atomic E-state index is 13.5. The standard InChI is InChI=1S/C35H43N7O5S3/c1-22(48)38-25-11-13-26(14-12-25)39-34(49)36-16-6-4-5-10-29(32(45)46)40-30(43)19-37-33(47)35(18-24(35)21-50-3)41-31(44)28-9-7-8-23-20-42(2)17-15-27(23)28/h7-9,11-14,24,29H,4,6,15-21H2,1-3H3,(H,37,47)(H,38,48)(H,40,43)(H,41,44)(H,45,46)(H2,36,39,49)/t24?,29-,35?/m0/s1. The van der Waals surface area contributed by atoms with E-state index in [9.17, 15) is 24.3 Å². The van der Waals surface area contributed by atoms with Crippen molar-refractivity contribution in [3.8, 4) is 11.8 Å². The maximum atomic E-state index is 13.5. The van der Waals surface area contributed by atoms with Crippen LogP contribution < -0.4 is 31.9 Å². The number of thioether (sulfide) groups is 1. The average Bonchev–Trinajstić information content (AvgIpc) is 3.77. The van der Waals surface area contributed by atoms with Crippen molar-refractivity contribution in [2.24, 2.45) is 5.92 Å². The van der Waals surface area contributed by atoms with E-state index in [4.69, 9.17) is 24.4 Å². The number of nitrogens with zero attached hydrogens (tertiary/aromatic N) is 1. The molecule has 1 aliphatic carbocycles. The SMILES string of the molecule is CSCC1CC1(NC(=O)c1cccc2c1CCN(C)C2)C(=O)NCC(=O)N[C@@H](C#CCCCNC(=S)Nc1ccc(NC(C)=S)cc1)C(=O)O. The minimum absolute atomic E-state index is 0.0954. The van der Waals surface area contributed by atoms with Gasteiger partial charge in [0.15, 0.2) is 11.2 Å². The molecule has 7 N–H and O–H groups in total. The molecular weight excluding hydrogens is 695 g/mol. The Hall–Kier alpha value is -4.23. The number of aliphatic carboxylic acids is 1. The predicted octanol–water partition coefficient (Wildman–Crippen LogP) is 2.74. The molecule has 2 aromatic rings. The highest BCUT2D eigenvalue weighted by Crippen LogP contribution is 2.45. The number of amides is 3. The number of unbranched alkanes of at least 4 members (excludes halogenated alkanes) is 1. The fraction of sp³-hybridized carbons (Fsp3) is 0.429. The van der Waals surface area contributed by atoms with Gasteiger partial charge in [-0.2, -0.15) is 11.8 Å². The minimum atomic E-state index is -1.45. The van der Waals surface area contributed by atoms with Gasteiger partial charge in [0, 0.05) is 48.9 Å². The first-order valence-electron chi connectivity index (χ1n) is 16.2. The number of fused-ring (bicyclic) bond motifs is 1. The van der Waals surface area contributed by atoms with Crippen molar-refractivity contribution in [1.29, 1.82) is 0 Å². The van der Waals surface area contributed by atoms with E-state index in [0.717, 1.165) is 42.0 Å². The van der Waals surface area contributed by atoms with Gasteiger partial charge in [-0.1, -0.05) is 30.3 Å². The number of hydrogen-bond donors (Lipinski definition) is 7. The fourth-order valence-electron chi connectivity index (χ4n) is 5.71. The van der Waals surface area contributed by atoms with Crippen LogP contribution >= 0.6 is 36.2 Å². The van der Waals surface area contributed by atoms with Gasteiger partial charge in [-0.15, -0.1) is 5.92 Å². The van der Waals surface area contributed by atoms with Gasteiger partial charge in [0.25, 0.3) is 5.91 Å². The molecule has 0 spiro atoms. The van der Waals surface area contributed by atoms with E-state index in [1.165, 1.54) is 0 Å². The number of thiocarbonyl (C=S) groups is 2. The number of carbonyl (C=O) groups excluding carboxylic acids is 3. The van der Waals surface area contributed by atoms with Crippen LogP contribution in [0.25, 0.3) is 0 Å². The molecule has 266 valence electrons. The predicted molar refractivity (Wildman–Crippen MR) is 205 cm³/mol. The lowest BCUT2D eigenvalue weighted by atomic mass is 9.94. The highest BCUT2D eigenvalue weighted by Gasteiger charge is 2.60. The van der Waals surface area contributed by atoms with Crippen LogP contribution in [0.3, 0.4) is 0 Å². The molecule has 1 saturated carbocycles. The molecule has 2 aromatic carbocycles. The molecule has 50 heavy (non-hydrogen) atoms. The number of nitrogens with one attached hydrogen (secondary N) is 6. The van der Waals surface area contributed by atoms with E-state index in [-0.39, 0.29) is 11.8 Å². The van der Waals surface area contributed by atoms with Crippen LogP contribution in [0.4, 0.5) is 11.4 Å². The Kier molecular flexibility index (Phi) is 14.0. The summed E-state index contributed by atoms with van der Waals surface area (Å²) in [7, 11) is 2.04. The van der Waals surface area contributed by atoms with Crippen molar-refractivity contribution in [2.45, 2.75) is 50.7 Å². The lowest BCUT2D eigenvalue weighted by Gasteiger charge is -2.27. The molecule has 2 unspecified atom stereocenters. The van der Waals surface area contributed by atoms with Gasteiger partial charge < -0.3 is 41.9 Å². The molecule has 0 radical (unpaired) electrons.